The van der Waals surface area contributed by atoms with Gasteiger partial charge in [0.15, 0.2) is 6.29 Å². The molecule has 1 aromatic rings. The molecule has 2 heterocycles. The van der Waals surface area contributed by atoms with Crippen molar-refractivity contribution in [2.24, 2.45) is 0 Å². The normalized spacial score (nSPS) is 17.3. The molecular weight excluding hydrogens is 240 g/mol. The predicted molar refractivity (Wildman–Crippen MR) is 74.8 cm³/mol. The monoisotopic (exact) mass is 258 g/mol. The molecule has 19 heavy (non-hydrogen) atoms. The number of allylic oxidation sites excluding steroid dienone is 1. The van der Waals surface area contributed by atoms with Crippen LogP contribution in [0.4, 0.5) is 0 Å². The number of nitrogens with one attached hydrogen (secondary N) is 2. The molecule has 1 aromatic heterocycles. The molecule has 0 unspecified atom stereocenters. The summed E-state index contributed by atoms with van der Waals surface area (Å²) in [6, 6.07) is 0. The number of carbonyl (C=O) groups is 2. The molecule has 2 N–H and O–H groups in total. The highest BCUT2D eigenvalue weighted by atomic mass is 16.2. The maximum atomic E-state index is 11.7. The maximum Gasteiger partial charge on any atom is 0.251 e. The molecule has 0 bridgehead atoms. The molecule has 0 atom stereocenters. The van der Waals surface area contributed by atoms with Gasteiger partial charge in [0, 0.05) is 28.2 Å². The number of hydrogen-bond donors (Lipinski definition) is 2. The number of rotatable bonds is 3. The largest absolute Gasteiger partial charge is 0.358 e. The molecule has 1 aliphatic heterocycles. The van der Waals surface area contributed by atoms with Crippen LogP contribution in [0.15, 0.2) is 16.8 Å². The highest BCUT2D eigenvalue weighted by Gasteiger charge is 2.22. The lowest BCUT2D eigenvalue weighted by atomic mass is 10.1. The number of aromatic amines is 1. The van der Waals surface area contributed by atoms with Crippen molar-refractivity contribution in [3.8, 4) is 0 Å². The highest BCUT2D eigenvalue weighted by molar-refractivity contribution is 6.01. The number of aryl methyl sites for hydroxylation is 1. The minimum absolute atomic E-state index is 0.0420. The van der Waals surface area contributed by atoms with Gasteiger partial charge in [0.1, 0.15) is 0 Å². The van der Waals surface area contributed by atoms with Gasteiger partial charge in [-0.05, 0) is 44.4 Å². The first-order chi connectivity index (χ1) is 8.99. The summed E-state index contributed by atoms with van der Waals surface area (Å²) >= 11 is 0. The van der Waals surface area contributed by atoms with Crippen molar-refractivity contribution in [3.63, 3.8) is 0 Å². The molecule has 0 aromatic carbocycles. The number of hydrogen-bond acceptors (Lipinski definition) is 2. The molecule has 100 valence electrons. The summed E-state index contributed by atoms with van der Waals surface area (Å²) in [6.07, 6.45) is 3.57. The van der Waals surface area contributed by atoms with Crippen LogP contribution in [-0.2, 0) is 4.79 Å². The summed E-state index contributed by atoms with van der Waals surface area (Å²) in [4.78, 5) is 25.9. The average molecular weight is 258 g/mol. The van der Waals surface area contributed by atoms with Gasteiger partial charge in [-0.3, -0.25) is 9.59 Å². The number of H-pyrrole nitrogens is 1. The predicted octanol–water partition coefficient (Wildman–Crippen LogP) is 2.64. The van der Waals surface area contributed by atoms with Crippen LogP contribution >= 0.6 is 0 Å². The Hall–Kier alpha value is -2.10. The van der Waals surface area contributed by atoms with Crippen LogP contribution in [0.25, 0.3) is 6.08 Å². The summed E-state index contributed by atoms with van der Waals surface area (Å²) < 4.78 is 0. The molecular formula is C15H18N2O2. The molecule has 0 spiro atoms. The topological polar surface area (TPSA) is 62.0 Å². The number of carbonyl (C=O) groups excluding carboxylic acids is 2. The zero-order valence-electron chi connectivity index (χ0n) is 11.7. The fourth-order valence-electron chi connectivity index (χ4n) is 2.46. The average Bonchev–Trinajstić information content (AvgIpc) is 2.78. The first-order valence-electron chi connectivity index (χ1n) is 6.37. The van der Waals surface area contributed by atoms with Gasteiger partial charge in [-0.1, -0.05) is 6.92 Å². The van der Waals surface area contributed by atoms with E-state index in [0.717, 1.165) is 46.5 Å². The van der Waals surface area contributed by atoms with Crippen LogP contribution in [0.2, 0.25) is 0 Å². The third-order valence-electron chi connectivity index (χ3n) is 3.66. The van der Waals surface area contributed by atoms with Crippen LogP contribution in [0, 0.1) is 13.8 Å². The smallest absolute Gasteiger partial charge is 0.251 e. The summed E-state index contributed by atoms with van der Waals surface area (Å²) in [6.45, 7) is 7.63. The number of aromatic nitrogens is 1. The minimum atomic E-state index is -0.0420. The van der Waals surface area contributed by atoms with Gasteiger partial charge in [-0.2, -0.15) is 0 Å². The third-order valence-corrected chi connectivity index (χ3v) is 3.66. The van der Waals surface area contributed by atoms with Gasteiger partial charge < -0.3 is 10.3 Å². The van der Waals surface area contributed by atoms with Crippen molar-refractivity contribution in [1.29, 1.82) is 0 Å². The Morgan fingerprint density at radius 2 is 1.89 bits per heavy atom. The van der Waals surface area contributed by atoms with Crippen LogP contribution in [0.5, 0.6) is 0 Å². The second-order valence-corrected chi connectivity index (χ2v) is 4.79. The standard InChI is InChI=1S/C15H18N2O2/c1-5-11-9(3)15(19)17-14(11)6-13-8(2)12(7-18)10(4)16-13/h6-7,16H,5H2,1-4H3,(H,17,19)/b14-6-. The van der Waals surface area contributed by atoms with E-state index in [0.29, 0.717) is 5.56 Å². The molecule has 4 nitrogen and oxygen atoms in total. The Balaban J connectivity index is 2.49. The molecule has 4 heteroatoms. The molecule has 0 saturated heterocycles. The van der Waals surface area contributed by atoms with E-state index in [2.05, 4.69) is 10.3 Å². The lowest BCUT2D eigenvalue weighted by molar-refractivity contribution is -0.116. The number of amides is 1. The van der Waals surface area contributed by atoms with Gasteiger partial charge in [-0.15, -0.1) is 0 Å². The SMILES string of the molecule is CCC1=C(C)C(=O)N/C1=C\c1[nH]c(C)c(C=O)c1C. The number of aldehydes is 1. The summed E-state index contributed by atoms with van der Waals surface area (Å²) in [7, 11) is 0. The first kappa shape index (κ1) is 13.3. The van der Waals surface area contributed by atoms with E-state index in [1.165, 1.54) is 0 Å². The van der Waals surface area contributed by atoms with Crippen molar-refractivity contribution >= 4 is 18.3 Å². The van der Waals surface area contributed by atoms with Crippen LogP contribution in [-0.4, -0.2) is 17.2 Å². The zero-order valence-corrected chi connectivity index (χ0v) is 11.7. The Morgan fingerprint density at radius 1 is 1.21 bits per heavy atom. The van der Waals surface area contributed by atoms with Gasteiger partial charge in [0.25, 0.3) is 5.91 Å². The van der Waals surface area contributed by atoms with Crippen LogP contribution < -0.4 is 5.32 Å². The molecule has 1 amide bonds. The Bertz CT molecular complexity index is 618. The molecule has 1 aliphatic rings. The van der Waals surface area contributed by atoms with Gasteiger partial charge in [-0.25, -0.2) is 0 Å². The van der Waals surface area contributed by atoms with E-state index < -0.39 is 0 Å². The van der Waals surface area contributed by atoms with Gasteiger partial charge in [0.2, 0.25) is 0 Å². The van der Waals surface area contributed by atoms with Crippen molar-refractivity contribution in [1.82, 2.24) is 10.3 Å². The fourth-order valence-corrected chi connectivity index (χ4v) is 2.46. The first-order valence-corrected chi connectivity index (χ1v) is 6.37. The Kier molecular flexibility index (Phi) is 3.42. The van der Waals surface area contributed by atoms with Crippen molar-refractivity contribution in [3.05, 3.63) is 39.4 Å². The van der Waals surface area contributed by atoms with E-state index in [1.54, 1.807) is 0 Å². The maximum absolute atomic E-state index is 11.7. The van der Waals surface area contributed by atoms with Gasteiger partial charge in [0.05, 0.1) is 0 Å². The summed E-state index contributed by atoms with van der Waals surface area (Å²) in [5, 5.41) is 2.87. The third kappa shape index (κ3) is 2.14. The van der Waals surface area contributed by atoms with Crippen molar-refractivity contribution in [2.75, 3.05) is 0 Å². The lowest BCUT2D eigenvalue weighted by Gasteiger charge is -2.03. The van der Waals surface area contributed by atoms with Crippen LogP contribution in [0.3, 0.4) is 0 Å². The molecule has 0 saturated carbocycles. The van der Waals surface area contributed by atoms with Crippen molar-refractivity contribution in [2.45, 2.75) is 34.1 Å². The Labute approximate surface area is 112 Å². The second-order valence-electron chi connectivity index (χ2n) is 4.79. The Morgan fingerprint density at radius 3 is 2.42 bits per heavy atom. The lowest BCUT2D eigenvalue weighted by Crippen LogP contribution is -2.15. The summed E-state index contributed by atoms with van der Waals surface area (Å²) in [5.41, 5.74) is 5.95. The zero-order chi connectivity index (χ0) is 14.2. The molecule has 2 rings (SSSR count). The van der Waals surface area contributed by atoms with E-state index in [4.69, 9.17) is 0 Å². The van der Waals surface area contributed by atoms with Crippen LogP contribution in [0.1, 0.15) is 47.6 Å². The fraction of sp³-hybridized carbons (Fsp3) is 0.333. The van der Waals surface area contributed by atoms with E-state index in [1.807, 2.05) is 33.8 Å². The molecule has 0 fully saturated rings. The van der Waals surface area contributed by atoms with E-state index >= 15 is 0 Å². The molecule has 0 aliphatic carbocycles. The van der Waals surface area contributed by atoms with E-state index in [9.17, 15) is 9.59 Å². The quantitative estimate of drug-likeness (QED) is 0.819. The minimum Gasteiger partial charge on any atom is -0.358 e. The summed E-state index contributed by atoms with van der Waals surface area (Å²) in [5.74, 6) is -0.0420. The van der Waals surface area contributed by atoms with E-state index in [-0.39, 0.29) is 5.91 Å². The highest BCUT2D eigenvalue weighted by Crippen LogP contribution is 2.26. The van der Waals surface area contributed by atoms with Gasteiger partial charge >= 0.3 is 0 Å². The van der Waals surface area contributed by atoms with Crippen molar-refractivity contribution < 1.29 is 9.59 Å². The second kappa shape index (κ2) is 4.88. The molecule has 0 radical (unpaired) electrons.